The van der Waals surface area contributed by atoms with Gasteiger partial charge in [-0.2, -0.15) is 0 Å². The van der Waals surface area contributed by atoms with Crippen LogP contribution in [-0.4, -0.2) is 31.4 Å². The zero-order chi connectivity index (χ0) is 20.1. The summed E-state index contributed by atoms with van der Waals surface area (Å²) in [5.74, 6) is 0.827. The molecule has 0 spiro atoms. The maximum Gasteiger partial charge on any atom is 0.234 e. The highest BCUT2D eigenvalue weighted by Crippen LogP contribution is 2.29. The lowest BCUT2D eigenvalue weighted by Crippen LogP contribution is -2.14. The third-order valence-electron chi connectivity index (χ3n) is 4.30. The molecule has 1 N–H and O–H groups in total. The summed E-state index contributed by atoms with van der Waals surface area (Å²) >= 11 is 1.35. The van der Waals surface area contributed by atoms with Gasteiger partial charge in [0, 0.05) is 23.6 Å². The number of para-hydroxylation sites is 2. The Labute approximate surface area is 173 Å². The van der Waals surface area contributed by atoms with Gasteiger partial charge < -0.3 is 5.32 Å². The smallest absolute Gasteiger partial charge is 0.234 e. The Hall–Kier alpha value is -3.45. The fourth-order valence-corrected chi connectivity index (χ4v) is 3.67. The number of hydrogen-bond donors (Lipinski definition) is 1. The van der Waals surface area contributed by atoms with Crippen molar-refractivity contribution in [3.8, 4) is 17.1 Å². The number of thioether (sulfide) groups is 1. The van der Waals surface area contributed by atoms with E-state index in [9.17, 15) is 4.79 Å². The van der Waals surface area contributed by atoms with Gasteiger partial charge in [-0.15, -0.1) is 10.2 Å². The Morgan fingerprint density at radius 1 is 1.00 bits per heavy atom. The number of carbonyl (C=O) groups is 1. The molecule has 0 radical (unpaired) electrons. The molecular weight excluding hydrogens is 382 g/mol. The molecule has 0 saturated heterocycles. The topological polar surface area (TPSA) is 72.7 Å². The van der Waals surface area contributed by atoms with Crippen LogP contribution in [0.25, 0.3) is 17.1 Å². The van der Waals surface area contributed by atoms with Crippen molar-refractivity contribution in [1.82, 2.24) is 19.7 Å². The zero-order valence-electron chi connectivity index (χ0n) is 15.8. The van der Waals surface area contributed by atoms with Crippen molar-refractivity contribution in [3.05, 3.63) is 84.7 Å². The van der Waals surface area contributed by atoms with Crippen LogP contribution >= 0.6 is 11.8 Å². The number of anilines is 1. The van der Waals surface area contributed by atoms with Gasteiger partial charge in [-0.25, -0.2) is 0 Å². The lowest BCUT2D eigenvalue weighted by Gasteiger charge is -2.12. The molecule has 0 fully saturated rings. The Kier molecular flexibility index (Phi) is 5.67. The minimum atomic E-state index is -0.0940. The molecule has 144 valence electrons. The van der Waals surface area contributed by atoms with E-state index in [2.05, 4.69) is 20.5 Å². The van der Waals surface area contributed by atoms with Gasteiger partial charge in [-0.05, 0) is 42.8 Å². The van der Waals surface area contributed by atoms with Gasteiger partial charge in [0.2, 0.25) is 5.91 Å². The Balaban J connectivity index is 1.63. The lowest BCUT2D eigenvalue weighted by atomic mass is 10.2. The number of carbonyl (C=O) groups excluding carboxylic acids is 1. The van der Waals surface area contributed by atoms with E-state index < -0.39 is 0 Å². The van der Waals surface area contributed by atoms with Crippen molar-refractivity contribution in [3.63, 3.8) is 0 Å². The molecule has 4 rings (SSSR count). The van der Waals surface area contributed by atoms with Crippen LogP contribution in [0.2, 0.25) is 0 Å². The molecule has 7 heteroatoms. The summed E-state index contributed by atoms with van der Waals surface area (Å²) in [6, 6.07) is 21.3. The Morgan fingerprint density at radius 2 is 1.79 bits per heavy atom. The van der Waals surface area contributed by atoms with Crippen molar-refractivity contribution < 1.29 is 4.79 Å². The summed E-state index contributed by atoms with van der Waals surface area (Å²) < 4.78 is 1.98. The number of pyridine rings is 1. The van der Waals surface area contributed by atoms with Gasteiger partial charge in [0.15, 0.2) is 11.0 Å². The molecule has 29 heavy (non-hydrogen) atoms. The molecule has 4 aromatic rings. The number of aryl methyl sites for hydroxylation is 1. The molecule has 0 aliphatic carbocycles. The first-order valence-corrected chi connectivity index (χ1v) is 10.1. The van der Waals surface area contributed by atoms with Gasteiger partial charge in [-0.3, -0.25) is 14.3 Å². The van der Waals surface area contributed by atoms with Crippen LogP contribution in [0.3, 0.4) is 0 Å². The second-order valence-electron chi connectivity index (χ2n) is 6.37. The van der Waals surface area contributed by atoms with E-state index in [-0.39, 0.29) is 11.7 Å². The van der Waals surface area contributed by atoms with Crippen LogP contribution in [0.4, 0.5) is 5.69 Å². The predicted molar refractivity (Wildman–Crippen MR) is 115 cm³/mol. The van der Waals surface area contributed by atoms with Crippen LogP contribution in [0, 0.1) is 6.92 Å². The minimum Gasteiger partial charge on any atom is -0.325 e. The van der Waals surface area contributed by atoms with E-state index in [0.29, 0.717) is 11.0 Å². The third-order valence-corrected chi connectivity index (χ3v) is 5.23. The van der Waals surface area contributed by atoms with Crippen molar-refractivity contribution in [2.45, 2.75) is 12.1 Å². The second-order valence-corrected chi connectivity index (χ2v) is 7.32. The van der Waals surface area contributed by atoms with Gasteiger partial charge in [0.1, 0.15) is 0 Å². The standard InChI is InChI=1S/C22H19N5OS/c1-16-8-5-6-12-19(16)27-21(17-9-7-13-23-14-17)25-26-22(27)29-15-20(28)24-18-10-3-2-4-11-18/h2-14H,15H2,1H3,(H,24,28). The molecule has 1 amide bonds. The quantitative estimate of drug-likeness (QED) is 0.486. The minimum absolute atomic E-state index is 0.0940. The highest BCUT2D eigenvalue weighted by molar-refractivity contribution is 7.99. The van der Waals surface area contributed by atoms with Crippen LogP contribution in [-0.2, 0) is 4.79 Å². The average molecular weight is 401 g/mol. The van der Waals surface area contributed by atoms with Gasteiger partial charge in [-0.1, -0.05) is 48.2 Å². The van der Waals surface area contributed by atoms with E-state index in [4.69, 9.17) is 0 Å². The van der Waals surface area contributed by atoms with Crippen LogP contribution in [0.5, 0.6) is 0 Å². The van der Waals surface area contributed by atoms with E-state index in [0.717, 1.165) is 22.5 Å². The molecule has 0 aliphatic heterocycles. The summed E-state index contributed by atoms with van der Waals surface area (Å²) in [6.45, 7) is 2.04. The van der Waals surface area contributed by atoms with Gasteiger partial charge in [0.05, 0.1) is 11.4 Å². The number of benzene rings is 2. The summed E-state index contributed by atoms with van der Waals surface area (Å²) in [5, 5.41) is 12.3. The van der Waals surface area contributed by atoms with Crippen molar-refractivity contribution in [2.75, 3.05) is 11.1 Å². The molecule has 2 aromatic heterocycles. The average Bonchev–Trinajstić information content (AvgIpc) is 3.18. The van der Waals surface area contributed by atoms with Crippen molar-refractivity contribution in [2.24, 2.45) is 0 Å². The molecule has 2 aromatic carbocycles. The van der Waals surface area contributed by atoms with Crippen LogP contribution < -0.4 is 5.32 Å². The lowest BCUT2D eigenvalue weighted by molar-refractivity contribution is -0.113. The number of nitrogens with zero attached hydrogens (tertiary/aromatic N) is 4. The van der Waals surface area contributed by atoms with E-state index in [1.807, 2.05) is 78.2 Å². The molecule has 0 aliphatic rings. The second kappa shape index (κ2) is 8.70. The molecule has 0 bridgehead atoms. The highest BCUT2D eigenvalue weighted by atomic mass is 32.2. The summed E-state index contributed by atoms with van der Waals surface area (Å²) in [4.78, 5) is 16.6. The number of hydrogen-bond acceptors (Lipinski definition) is 5. The maximum absolute atomic E-state index is 12.4. The van der Waals surface area contributed by atoms with Crippen molar-refractivity contribution in [1.29, 1.82) is 0 Å². The summed E-state index contributed by atoms with van der Waals surface area (Å²) in [7, 11) is 0. The number of nitrogens with one attached hydrogen (secondary N) is 1. The first-order valence-electron chi connectivity index (χ1n) is 9.12. The third kappa shape index (κ3) is 4.35. The fourth-order valence-electron chi connectivity index (χ4n) is 2.93. The Bertz CT molecular complexity index is 1110. The largest absolute Gasteiger partial charge is 0.325 e. The molecule has 6 nitrogen and oxygen atoms in total. The molecular formula is C22H19N5OS. The first-order chi connectivity index (χ1) is 14.2. The first kappa shape index (κ1) is 18.9. The number of aromatic nitrogens is 4. The van der Waals surface area contributed by atoms with Gasteiger partial charge in [0.25, 0.3) is 0 Å². The summed E-state index contributed by atoms with van der Waals surface area (Å²) in [5.41, 5.74) is 3.70. The van der Waals surface area contributed by atoms with Crippen LogP contribution in [0.15, 0.2) is 84.3 Å². The molecule has 0 unspecified atom stereocenters. The number of rotatable bonds is 6. The fraction of sp³-hybridized carbons (Fsp3) is 0.0909. The monoisotopic (exact) mass is 401 g/mol. The van der Waals surface area contributed by atoms with E-state index >= 15 is 0 Å². The van der Waals surface area contributed by atoms with Crippen LogP contribution in [0.1, 0.15) is 5.56 Å². The number of amides is 1. The Morgan fingerprint density at radius 3 is 2.55 bits per heavy atom. The summed E-state index contributed by atoms with van der Waals surface area (Å²) in [6.07, 6.45) is 3.48. The maximum atomic E-state index is 12.4. The molecule has 0 atom stereocenters. The molecule has 0 saturated carbocycles. The SMILES string of the molecule is Cc1ccccc1-n1c(SCC(=O)Nc2ccccc2)nnc1-c1cccnc1. The van der Waals surface area contributed by atoms with Gasteiger partial charge >= 0.3 is 0 Å². The normalized spacial score (nSPS) is 10.7. The van der Waals surface area contributed by atoms with E-state index in [1.54, 1.807) is 12.4 Å². The van der Waals surface area contributed by atoms with Crippen molar-refractivity contribution >= 4 is 23.4 Å². The predicted octanol–water partition coefficient (Wildman–Crippen LogP) is 4.37. The van der Waals surface area contributed by atoms with E-state index in [1.165, 1.54) is 11.8 Å². The highest BCUT2D eigenvalue weighted by Gasteiger charge is 2.18. The molecule has 2 heterocycles. The zero-order valence-corrected chi connectivity index (χ0v) is 16.6.